The van der Waals surface area contributed by atoms with Crippen molar-refractivity contribution in [1.29, 1.82) is 0 Å². The minimum absolute atomic E-state index is 0.203. The van der Waals surface area contributed by atoms with Crippen LogP contribution in [0.25, 0.3) is 22.3 Å². The predicted molar refractivity (Wildman–Crippen MR) is 307 cm³/mol. The molecule has 0 saturated carbocycles. The summed E-state index contributed by atoms with van der Waals surface area (Å²) in [6.45, 7) is 5.73. The van der Waals surface area contributed by atoms with Gasteiger partial charge in [-0.1, -0.05) is 24.3 Å². The maximum absolute atomic E-state index is 13.2. The van der Waals surface area contributed by atoms with Gasteiger partial charge in [-0.25, -0.2) is 76.7 Å². The van der Waals surface area contributed by atoms with Gasteiger partial charge in [0.25, 0.3) is 0 Å². The largest absolute Gasteiger partial charge is 0.478 e. The van der Waals surface area contributed by atoms with E-state index in [1.54, 1.807) is 12.4 Å². The highest BCUT2D eigenvalue weighted by Crippen LogP contribution is 2.24. The summed E-state index contributed by atoms with van der Waals surface area (Å²) in [5.41, 5.74) is 5.83. The summed E-state index contributed by atoms with van der Waals surface area (Å²) >= 11 is 0. The highest BCUT2D eigenvalue weighted by atomic mass is 19.1. The molecule has 8 rings (SSSR count). The molecular weight excluding hydrogens is 1170 g/mol. The van der Waals surface area contributed by atoms with Gasteiger partial charge in [-0.05, 0) is 123 Å². The van der Waals surface area contributed by atoms with E-state index < -0.39 is 59.7 Å². The number of pyridine rings is 2. The number of imidazole rings is 2. The van der Waals surface area contributed by atoms with E-state index in [9.17, 15) is 56.7 Å². The van der Waals surface area contributed by atoms with Crippen molar-refractivity contribution in [2.75, 3.05) is 26.2 Å². The molecule has 28 nitrogen and oxygen atoms in total. The third kappa shape index (κ3) is 32.6. The number of benzene rings is 2. The fourth-order valence-corrected chi connectivity index (χ4v) is 7.62. The lowest BCUT2D eigenvalue weighted by Gasteiger charge is -2.22. The number of halogens is 2. The van der Waals surface area contributed by atoms with Gasteiger partial charge >= 0.3 is 59.7 Å². The number of carboxylic acids is 10. The SMILES string of the molecule is Fc1ccc(Cn2c(CC3CCNCC3)nc3ncccc32)cc1.Fc1ccc(Cn2c(CC3CCNCC3)nc3ncccc32)cc1.O=C(O)C=CC(=O)O.O=C(O)C=CC(=O)O.O=C(O)C=CC(=O)O.O=C(O)C=CC(=O)O.O=C(O)C=CC(=O)O. The van der Waals surface area contributed by atoms with Crippen molar-refractivity contribution in [2.45, 2.75) is 51.6 Å². The lowest BCUT2D eigenvalue weighted by molar-refractivity contribution is -0.134. The van der Waals surface area contributed by atoms with Gasteiger partial charge in [0.05, 0.1) is 11.0 Å². The summed E-state index contributed by atoms with van der Waals surface area (Å²) in [5, 5.41) is 84.9. The lowest BCUT2D eigenvalue weighted by Crippen LogP contribution is -2.29. The molecule has 30 heteroatoms. The molecule has 6 aromatic rings. The van der Waals surface area contributed by atoms with Crippen LogP contribution in [0.3, 0.4) is 0 Å². The van der Waals surface area contributed by atoms with Gasteiger partial charge in [-0.15, -0.1) is 0 Å². The Morgan fingerprint density at radius 1 is 0.398 bits per heavy atom. The normalized spacial score (nSPS) is 13.0. The van der Waals surface area contributed by atoms with Crippen LogP contribution >= 0.6 is 0 Å². The molecule has 0 spiro atoms. The zero-order chi connectivity index (χ0) is 65.6. The Morgan fingerprint density at radius 3 is 0.864 bits per heavy atom. The Labute approximate surface area is 498 Å². The van der Waals surface area contributed by atoms with Crippen molar-refractivity contribution in [3.05, 3.63) is 180 Å². The van der Waals surface area contributed by atoms with E-state index in [0.717, 1.165) is 84.1 Å². The number of aromatic nitrogens is 6. The highest BCUT2D eigenvalue weighted by Gasteiger charge is 2.21. The molecule has 0 aliphatic carbocycles. The zero-order valence-electron chi connectivity index (χ0n) is 46.5. The van der Waals surface area contributed by atoms with Crippen LogP contribution in [0.4, 0.5) is 8.78 Å². The summed E-state index contributed by atoms with van der Waals surface area (Å²) < 4.78 is 30.8. The smallest absolute Gasteiger partial charge is 0.328 e. The second-order valence-electron chi connectivity index (χ2n) is 18.0. The Bertz CT molecular complexity index is 3040. The topological polar surface area (TPSA) is 458 Å². The quantitative estimate of drug-likeness (QED) is 0.0510. The minimum Gasteiger partial charge on any atom is -0.478 e. The molecule has 0 atom stereocenters. The van der Waals surface area contributed by atoms with E-state index in [4.69, 9.17) is 61.0 Å². The van der Waals surface area contributed by atoms with Gasteiger partial charge < -0.3 is 70.8 Å². The molecule has 2 saturated heterocycles. The van der Waals surface area contributed by atoms with Gasteiger partial charge in [-0.2, -0.15) is 0 Å². The fraction of sp³-hybridized carbons (Fsp3) is 0.241. The predicted octanol–water partition coefficient (Wildman–Crippen LogP) is 4.88. The van der Waals surface area contributed by atoms with Crippen molar-refractivity contribution in [1.82, 2.24) is 39.7 Å². The van der Waals surface area contributed by atoms with Crippen LogP contribution < -0.4 is 10.6 Å². The van der Waals surface area contributed by atoms with Crippen molar-refractivity contribution >= 4 is 82.0 Å². The summed E-state index contributed by atoms with van der Waals surface area (Å²) in [6.07, 6.45) is 15.8. The van der Waals surface area contributed by atoms with E-state index in [1.165, 1.54) is 49.9 Å². The van der Waals surface area contributed by atoms with Gasteiger partial charge in [0.1, 0.15) is 23.3 Å². The molecule has 0 amide bonds. The summed E-state index contributed by atoms with van der Waals surface area (Å²) in [6, 6.07) is 21.4. The van der Waals surface area contributed by atoms with Crippen LogP contribution in [-0.4, -0.2) is 166 Å². The number of hydrogen-bond acceptors (Lipinski definition) is 16. The van der Waals surface area contributed by atoms with Crippen LogP contribution in [0.5, 0.6) is 0 Å². The van der Waals surface area contributed by atoms with Crippen LogP contribution in [0.1, 0.15) is 48.5 Å². The second-order valence-corrected chi connectivity index (χ2v) is 18.0. The van der Waals surface area contributed by atoms with E-state index in [0.29, 0.717) is 85.7 Å². The number of carbonyl (C=O) groups is 10. The molecule has 2 aliphatic rings. The van der Waals surface area contributed by atoms with Crippen molar-refractivity contribution in [2.24, 2.45) is 11.8 Å². The number of carboxylic acid groups (broad SMARTS) is 10. The third-order valence-electron chi connectivity index (χ3n) is 11.4. The molecule has 4 aromatic heterocycles. The Kier molecular flexibility index (Phi) is 33.3. The second kappa shape index (κ2) is 40.2. The van der Waals surface area contributed by atoms with Crippen molar-refractivity contribution < 1.29 is 108 Å². The van der Waals surface area contributed by atoms with E-state index in [-0.39, 0.29) is 11.6 Å². The average Bonchev–Trinajstić information content (AvgIpc) is 1.89. The molecule has 468 valence electrons. The molecule has 2 aliphatic heterocycles. The van der Waals surface area contributed by atoms with E-state index >= 15 is 0 Å². The zero-order valence-corrected chi connectivity index (χ0v) is 46.5. The maximum atomic E-state index is 13.2. The number of nitrogens with one attached hydrogen (secondary N) is 2. The lowest BCUT2D eigenvalue weighted by atomic mass is 9.94. The monoisotopic (exact) mass is 1230 g/mol. The molecule has 2 fully saturated rings. The first-order valence-corrected chi connectivity index (χ1v) is 25.9. The van der Waals surface area contributed by atoms with Gasteiger partial charge in [-0.3, -0.25) is 0 Å². The van der Waals surface area contributed by atoms with Crippen LogP contribution in [0.15, 0.2) is 146 Å². The summed E-state index contributed by atoms with van der Waals surface area (Å²) in [5.74, 6) is -9.49. The van der Waals surface area contributed by atoms with Crippen LogP contribution in [-0.2, 0) is 73.9 Å². The van der Waals surface area contributed by atoms with Crippen molar-refractivity contribution in [3.8, 4) is 0 Å². The molecule has 6 heterocycles. The molecule has 88 heavy (non-hydrogen) atoms. The average molecular weight is 1230 g/mol. The summed E-state index contributed by atoms with van der Waals surface area (Å²) in [4.78, 5) is 114. The fourth-order valence-electron chi connectivity index (χ4n) is 7.62. The number of rotatable bonds is 18. The Morgan fingerprint density at radius 2 is 0.636 bits per heavy atom. The highest BCUT2D eigenvalue weighted by molar-refractivity contribution is 5.92. The number of nitrogens with zero attached hydrogens (tertiary/aromatic N) is 6. The first-order chi connectivity index (χ1) is 41.7. The first-order valence-electron chi connectivity index (χ1n) is 25.9. The maximum Gasteiger partial charge on any atom is 0.328 e. The molecule has 2 aromatic carbocycles. The Hall–Kier alpha value is -11.1. The van der Waals surface area contributed by atoms with Crippen LogP contribution in [0.2, 0.25) is 0 Å². The first kappa shape index (κ1) is 73.0. The summed E-state index contributed by atoms with van der Waals surface area (Å²) in [7, 11) is 0. The standard InChI is InChI=1S/2C19H21FN4.5C4H4O4/c2*20-16-5-3-15(4-6-16)13-24-17-2-1-9-22-19(17)23-18(24)12-14-7-10-21-11-8-14;5*5-3(6)1-2-4(7)8/h2*1-6,9,14,21H,7-8,10-13H2;5*1-2H,(H,5,6)(H,7,8). The van der Waals surface area contributed by atoms with Gasteiger partial charge in [0.2, 0.25) is 0 Å². The molecule has 0 unspecified atom stereocenters. The third-order valence-corrected chi connectivity index (χ3v) is 11.4. The number of piperidine rings is 2. The van der Waals surface area contributed by atoms with Crippen molar-refractivity contribution in [3.63, 3.8) is 0 Å². The van der Waals surface area contributed by atoms with Gasteiger partial charge in [0.15, 0.2) is 11.3 Å². The van der Waals surface area contributed by atoms with Gasteiger partial charge in [0, 0.05) is 99.1 Å². The molecular formula is C58H62F2N8O20. The van der Waals surface area contributed by atoms with Crippen LogP contribution in [0, 0.1) is 23.5 Å². The van der Waals surface area contributed by atoms with E-state index in [1.807, 2.05) is 36.4 Å². The molecule has 0 radical (unpaired) electrons. The number of aliphatic carboxylic acids is 10. The van der Waals surface area contributed by atoms with E-state index in [2.05, 4.69) is 41.9 Å². The molecule has 0 bridgehead atoms. The minimum atomic E-state index is -1.26. The molecule has 12 N–H and O–H groups in total. The Balaban J connectivity index is 0.000000380. The number of hydrogen-bond donors (Lipinski definition) is 12. The number of fused-ring (bicyclic) bond motifs is 2.